The van der Waals surface area contributed by atoms with Crippen LogP contribution in [-0.2, 0) is 0 Å². The normalized spacial score (nSPS) is 23.9. The van der Waals surface area contributed by atoms with Crippen LogP contribution in [0.4, 0.5) is 14.7 Å². The SMILES string of the molecule is CC1CCCCC1n1c(N)nc2c(F)cc(F)cc21. The lowest BCUT2D eigenvalue weighted by Crippen LogP contribution is -2.22. The highest BCUT2D eigenvalue weighted by molar-refractivity contribution is 5.79. The van der Waals surface area contributed by atoms with E-state index in [1.54, 1.807) is 0 Å². The van der Waals surface area contributed by atoms with Crippen LogP contribution in [0, 0.1) is 17.6 Å². The van der Waals surface area contributed by atoms with Gasteiger partial charge < -0.3 is 10.3 Å². The number of nitrogens with zero attached hydrogens (tertiary/aromatic N) is 2. The summed E-state index contributed by atoms with van der Waals surface area (Å²) in [7, 11) is 0. The minimum absolute atomic E-state index is 0.164. The van der Waals surface area contributed by atoms with Crippen LogP contribution in [0.3, 0.4) is 0 Å². The molecule has 19 heavy (non-hydrogen) atoms. The third-order valence-corrected chi connectivity index (χ3v) is 4.14. The van der Waals surface area contributed by atoms with Crippen molar-refractivity contribution in [1.29, 1.82) is 0 Å². The fourth-order valence-corrected chi connectivity index (χ4v) is 3.17. The number of hydrogen-bond donors (Lipinski definition) is 1. The van der Waals surface area contributed by atoms with E-state index in [4.69, 9.17) is 5.73 Å². The molecular weight excluding hydrogens is 248 g/mol. The number of anilines is 1. The number of fused-ring (bicyclic) bond motifs is 1. The molecule has 0 aliphatic heterocycles. The van der Waals surface area contributed by atoms with Gasteiger partial charge in [0.25, 0.3) is 0 Å². The molecule has 0 bridgehead atoms. The van der Waals surface area contributed by atoms with E-state index in [-0.39, 0.29) is 17.5 Å². The average Bonchev–Trinajstić information content (AvgIpc) is 2.67. The Morgan fingerprint density at radius 3 is 2.74 bits per heavy atom. The maximum Gasteiger partial charge on any atom is 0.201 e. The Morgan fingerprint density at radius 1 is 1.26 bits per heavy atom. The van der Waals surface area contributed by atoms with Crippen LogP contribution in [0.2, 0.25) is 0 Å². The molecule has 1 aromatic carbocycles. The standard InChI is InChI=1S/C14H17F2N3/c1-8-4-2-3-5-11(8)19-12-7-9(15)6-10(16)13(12)18-14(19)17/h6-8,11H,2-5H2,1H3,(H2,17,18). The molecule has 3 nitrogen and oxygen atoms in total. The van der Waals surface area contributed by atoms with Gasteiger partial charge in [-0.2, -0.15) is 0 Å². The fraction of sp³-hybridized carbons (Fsp3) is 0.500. The topological polar surface area (TPSA) is 43.8 Å². The fourth-order valence-electron chi connectivity index (χ4n) is 3.17. The summed E-state index contributed by atoms with van der Waals surface area (Å²) in [6, 6.07) is 2.35. The van der Waals surface area contributed by atoms with Crippen LogP contribution < -0.4 is 5.73 Å². The number of nitrogens with two attached hydrogens (primary N) is 1. The summed E-state index contributed by atoms with van der Waals surface area (Å²) in [5.74, 6) is -0.517. The molecule has 3 rings (SSSR count). The Bertz CT molecular complexity index is 621. The van der Waals surface area contributed by atoms with Gasteiger partial charge in [0.1, 0.15) is 11.3 Å². The molecule has 1 fully saturated rings. The highest BCUT2D eigenvalue weighted by atomic mass is 19.1. The van der Waals surface area contributed by atoms with Gasteiger partial charge in [-0.05, 0) is 18.8 Å². The zero-order valence-corrected chi connectivity index (χ0v) is 10.9. The zero-order valence-electron chi connectivity index (χ0n) is 10.9. The van der Waals surface area contributed by atoms with Crippen molar-refractivity contribution in [3.05, 3.63) is 23.8 Å². The van der Waals surface area contributed by atoms with E-state index in [0.29, 0.717) is 11.4 Å². The van der Waals surface area contributed by atoms with Crippen molar-refractivity contribution in [2.45, 2.75) is 38.6 Å². The Hall–Kier alpha value is -1.65. The predicted molar refractivity (Wildman–Crippen MR) is 70.7 cm³/mol. The first-order chi connectivity index (χ1) is 9.08. The number of imidazole rings is 1. The van der Waals surface area contributed by atoms with Crippen molar-refractivity contribution in [1.82, 2.24) is 9.55 Å². The highest BCUT2D eigenvalue weighted by Gasteiger charge is 2.27. The smallest absolute Gasteiger partial charge is 0.201 e. The van der Waals surface area contributed by atoms with Crippen molar-refractivity contribution in [2.24, 2.45) is 5.92 Å². The second-order valence-electron chi connectivity index (χ2n) is 5.42. The lowest BCUT2D eigenvalue weighted by atomic mass is 9.85. The number of nitrogen functional groups attached to an aromatic ring is 1. The molecular formula is C14H17F2N3. The summed E-state index contributed by atoms with van der Waals surface area (Å²) < 4.78 is 29.0. The van der Waals surface area contributed by atoms with Crippen LogP contribution in [0.15, 0.2) is 12.1 Å². The van der Waals surface area contributed by atoms with Crippen LogP contribution in [0.1, 0.15) is 38.6 Å². The number of hydrogen-bond acceptors (Lipinski definition) is 2. The van der Waals surface area contributed by atoms with Gasteiger partial charge in [-0.1, -0.05) is 19.8 Å². The minimum atomic E-state index is -0.649. The molecule has 2 unspecified atom stereocenters. The number of rotatable bonds is 1. The number of halogens is 2. The molecule has 1 heterocycles. The maximum atomic E-state index is 13.7. The first-order valence-corrected chi connectivity index (χ1v) is 6.70. The Kier molecular flexibility index (Phi) is 2.92. The number of benzene rings is 1. The lowest BCUT2D eigenvalue weighted by Gasteiger charge is -2.30. The number of aromatic nitrogens is 2. The van der Waals surface area contributed by atoms with Crippen LogP contribution in [-0.4, -0.2) is 9.55 Å². The molecule has 2 aromatic rings. The maximum absolute atomic E-state index is 13.7. The third kappa shape index (κ3) is 1.97. The lowest BCUT2D eigenvalue weighted by molar-refractivity contribution is 0.264. The molecule has 1 aliphatic rings. The van der Waals surface area contributed by atoms with Crippen LogP contribution >= 0.6 is 0 Å². The van der Waals surface area contributed by atoms with Gasteiger partial charge in [0, 0.05) is 18.2 Å². The summed E-state index contributed by atoms with van der Waals surface area (Å²) in [5.41, 5.74) is 6.56. The van der Waals surface area contributed by atoms with Crippen LogP contribution in [0.25, 0.3) is 11.0 Å². The summed E-state index contributed by atoms with van der Waals surface area (Å²) >= 11 is 0. The third-order valence-electron chi connectivity index (χ3n) is 4.14. The summed E-state index contributed by atoms with van der Waals surface area (Å²) in [4.78, 5) is 4.06. The Labute approximate surface area is 110 Å². The van der Waals surface area contributed by atoms with Gasteiger partial charge in [-0.15, -0.1) is 0 Å². The summed E-state index contributed by atoms with van der Waals surface area (Å²) in [6.45, 7) is 2.16. The van der Waals surface area contributed by atoms with Crippen molar-refractivity contribution in [3.8, 4) is 0 Å². The van der Waals surface area contributed by atoms with Crippen molar-refractivity contribution >= 4 is 17.0 Å². The highest BCUT2D eigenvalue weighted by Crippen LogP contribution is 2.37. The monoisotopic (exact) mass is 265 g/mol. The molecule has 102 valence electrons. The van der Waals surface area contributed by atoms with E-state index in [0.717, 1.165) is 25.3 Å². The predicted octanol–water partition coefficient (Wildman–Crippen LogP) is 3.65. The van der Waals surface area contributed by atoms with Gasteiger partial charge in [0.2, 0.25) is 5.95 Å². The first kappa shape index (κ1) is 12.4. The van der Waals surface area contributed by atoms with Crippen LogP contribution in [0.5, 0.6) is 0 Å². The quantitative estimate of drug-likeness (QED) is 0.855. The van der Waals surface area contributed by atoms with Crippen molar-refractivity contribution in [2.75, 3.05) is 5.73 Å². The Balaban J connectivity index is 2.19. The van der Waals surface area contributed by atoms with E-state index in [1.807, 2.05) is 4.57 Å². The second-order valence-corrected chi connectivity index (χ2v) is 5.42. The van der Waals surface area contributed by atoms with Gasteiger partial charge in [0.05, 0.1) is 5.52 Å². The molecule has 5 heteroatoms. The van der Waals surface area contributed by atoms with Gasteiger partial charge in [0.15, 0.2) is 5.82 Å². The molecule has 1 aliphatic carbocycles. The van der Waals surface area contributed by atoms with Gasteiger partial charge in [-0.25, -0.2) is 13.8 Å². The van der Waals surface area contributed by atoms with E-state index >= 15 is 0 Å². The van der Waals surface area contributed by atoms with E-state index in [1.165, 1.54) is 12.5 Å². The molecule has 2 atom stereocenters. The van der Waals surface area contributed by atoms with Gasteiger partial charge in [-0.3, -0.25) is 0 Å². The molecule has 1 aromatic heterocycles. The average molecular weight is 265 g/mol. The summed E-state index contributed by atoms with van der Waals surface area (Å²) in [5, 5.41) is 0. The van der Waals surface area contributed by atoms with Crippen molar-refractivity contribution < 1.29 is 8.78 Å². The minimum Gasteiger partial charge on any atom is -0.369 e. The summed E-state index contributed by atoms with van der Waals surface area (Å²) in [6.07, 6.45) is 4.41. The molecule has 1 saturated carbocycles. The largest absolute Gasteiger partial charge is 0.369 e. The van der Waals surface area contributed by atoms with E-state index in [9.17, 15) is 8.78 Å². The molecule has 2 N–H and O–H groups in total. The van der Waals surface area contributed by atoms with Gasteiger partial charge >= 0.3 is 0 Å². The van der Waals surface area contributed by atoms with E-state index in [2.05, 4.69) is 11.9 Å². The molecule has 0 radical (unpaired) electrons. The molecule has 0 saturated heterocycles. The Morgan fingerprint density at radius 2 is 2.00 bits per heavy atom. The molecule has 0 spiro atoms. The van der Waals surface area contributed by atoms with Crippen molar-refractivity contribution in [3.63, 3.8) is 0 Å². The molecule has 0 amide bonds. The van der Waals surface area contributed by atoms with E-state index < -0.39 is 11.6 Å². The first-order valence-electron chi connectivity index (χ1n) is 6.70. The zero-order chi connectivity index (χ0) is 13.6. The second kappa shape index (κ2) is 4.47.